The van der Waals surface area contributed by atoms with Crippen molar-refractivity contribution in [3.05, 3.63) is 41.9 Å². The molecule has 13 heteroatoms. The Hall–Kier alpha value is -2.15. The van der Waals surface area contributed by atoms with Crippen molar-refractivity contribution in [2.24, 2.45) is 0 Å². The molecule has 2 aromatic rings. The van der Waals surface area contributed by atoms with Gasteiger partial charge < -0.3 is 15.0 Å². The summed E-state index contributed by atoms with van der Waals surface area (Å²) in [6.45, 7) is 0.973. The first kappa shape index (κ1) is 23.1. The fourth-order valence-corrected chi connectivity index (χ4v) is 3.50. The highest BCUT2D eigenvalue weighted by molar-refractivity contribution is 7.89. The van der Waals surface area contributed by atoms with Crippen LogP contribution in [-0.2, 0) is 21.4 Å². The van der Waals surface area contributed by atoms with Crippen LogP contribution in [0.1, 0.15) is 13.3 Å². The fourth-order valence-electron chi connectivity index (χ4n) is 2.11. The first-order valence-electron chi connectivity index (χ1n) is 8.20. The van der Waals surface area contributed by atoms with Crippen LogP contribution in [0.5, 0.6) is 0 Å². The average Bonchev–Trinajstić information content (AvgIpc) is 3.12. The number of rotatable bonds is 8. The van der Waals surface area contributed by atoms with Gasteiger partial charge in [0.25, 0.3) is 5.91 Å². The lowest BCUT2D eigenvalue weighted by Gasteiger charge is -2.25. The number of hydrogen-bond donors (Lipinski definition) is 3. The summed E-state index contributed by atoms with van der Waals surface area (Å²) in [5, 5.41) is 10.9. The minimum atomic E-state index is -5.20. The predicted octanol–water partition coefficient (Wildman–Crippen LogP) is 2.16. The summed E-state index contributed by atoms with van der Waals surface area (Å²) in [7, 11) is -3.92. The third-order valence-corrected chi connectivity index (χ3v) is 5.71. The second-order valence-corrected chi connectivity index (χ2v) is 8.39. The van der Waals surface area contributed by atoms with Crippen LogP contribution in [0.2, 0.25) is 5.02 Å². The van der Waals surface area contributed by atoms with Crippen LogP contribution < -0.4 is 10.0 Å². The highest BCUT2D eigenvalue weighted by Crippen LogP contribution is 2.32. The molecule has 1 heterocycles. The molecule has 3 N–H and O–H groups in total. The molecule has 160 valence electrons. The molecule has 1 aromatic heterocycles. The van der Waals surface area contributed by atoms with Gasteiger partial charge in [-0.05, 0) is 31.5 Å². The fraction of sp³-hybridized carbons (Fsp3) is 0.375. The summed E-state index contributed by atoms with van der Waals surface area (Å²) in [5.74, 6) is -1.75. The molecule has 2 rings (SSSR count). The minimum absolute atomic E-state index is 0.130. The van der Waals surface area contributed by atoms with E-state index in [-0.39, 0.29) is 22.2 Å². The standard InChI is InChI=1S/C16H18ClF3N4O4S/c1-15(26,16(18,19)20)14(25)23-13-4-3-11(9-12(13)17)29(27,28)22-5-2-7-24-8-6-21-10-24/h3-4,6,8-10,22,26H,2,5,7H2,1H3,(H,23,25)/t15-/m1/s1. The van der Waals surface area contributed by atoms with Crippen molar-refractivity contribution in [1.82, 2.24) is 14.3 Å². The number of halogens is 4. The summed E-state index contributed by atoms with van der Waals surface area (Å²) >= 11 is 5.89. The van der Waals surface area contributed by atoms with E-state index in [1.54, 1.807) is 23.3 Å². The Morgan fingerprint density at radius 2 is 2.03 bits per heavy atom. The molecule has 0 saturated heterocycles. The second kappa shape index (κ2) is 8.69. The molecule has 29 heavy (non-hydrogen) atoms. The molecule has 1 atom stereocenters. The number of carbonyl (C=O) groups excluding carboxylic acids is 1. The van der Waals surface area contributed by atoms with E-state index in [0.717, 1.165) is 18.2 Å². The van der Waals surface area contributed by atoms with Crippen LogP contribution in [0, 0.1) is 0 Å². The number of amides is 1. The van der Waals surface area contributed by atoms with Crippen LogP contribution >= 0.6 is 11.6 Å². The lowest BCUT2D eigenvalue weighted by molar-refractivity contribution is -0.242. The van der Waals surface area contributed by atoms with E-state index >= 15 is 0 Å². The lowest BCUT2D eigenvalue weighted by atomic mass is 10.1. The second-order valence-electron chi connectivity index (χ2n) is 6.22. The van der Waals surface area contributed by atoms with Gasteiger partial charge in [-0.25, -0.2) is 18.1 Å². The van der Waals surface area contributed by atoms with E-state index in [2.05, 4.69) is 9.71 Å². The molecular weight excluding hydrogens is 437 g/mol. The quantitative estimate of drug-likeness (QED) is 0.529. The summed E-state index contributed by atoms with van der Waals surface area (Å²) in [4.78, 5) is 15.3. The number of carbonyl (C=O) groups is 1. The Labute approximate surface area is 169 Å². The number of alkyl halides is 3. The maximum atomic E-state index is 12.7. The zero-order valence-electron chi connectivity index (χ0n) is 15.1. The van der Waals surface area contributed by atoms with Crippen LogP contribution in [0.15, 0.2) is 41.8 Å². The van der Waals surface area contributed by atoms with E-state index in [1.807, 2.05) is 5.32 Å². The highest BCUT2D eigenvalue weighted by Gasteiger charge is 2.55. The van der Waals surface area contributed by atoms with Gasteiger partial charge in [0.1, 0.15) is 0 Å². The largest absolute Gasteiger partial charge is 0.426 e. The zero-order chi connectivity index (χ0) is 21.9. The smallest absolute Gasteiger partial charge is 0.373 e. The van der Waals surface area contributed by atoms with Gasteiger partial charge in [0.15, 0.2) is 0 Å². The van der Waals surface area contributed by atoms with Crippen molar-refractivity contribution < 1.29 is 31.5 Å². The van der Waals surface area contributed by atoms with Crippen molar-refractivity contribution in [3.63, 3.8) is 0 Å². The van der Waals surface area contributed by atoms with Gasteiger partial charge in [0, 0.05) is 25.5 Å². The number of aromatic nitrogens is 2. The SMILES string of the molecule is C[C@@](O)(C(=O)Nc1ccc(S(=O)(=O)NCCCn2ccnc2)cc1Cl)C(F)(F)F. The molecule has 1 amide bonds. The Morgan fingerprint density at radius 1 is 1.34 bits per heavy atom. The number of imidazole rings is 1. The van der Waals surface area contributed by atoms with Gasteiger partial charge in [-0.3, -0.25) is 4.79 Å². The van der Waals surface area contributed by atoms with Gasteiger partial charge in [-0.1, -0.05) is 11.6 Å². The minimum Gasteiger partial charge on any atom is -0.373 e. The van der Waals surface area contributed by atoms with Gasteiger partial charge in [-0.2, -0.15) is 13.2 Å². The number of nitrogens with one attached hydrogen (secondary N) is 2. The normalized spacial score (nSPS) is 14.4. The van der Waals surface area contributed by atoms with E-state index in [1.165, 1.54) is 0 Å². The molecule has 0 saturated carbocycles. The molecule has 0 aliphatic heterocycles. The number of sulfonamides is 1. The van der Waals surface area contributed by atoms with Gasteiger partial charge in [-0.15, -0.1) is 0 Å². The topological polar surface area (TPSA) is 113 Å². The van der Waals surface area contributed by atoms with Crippen molar-refractivity contribution in [2.45, 2.75) is 36.6 Å². The molecule has 0 fully saturated rings. The molecule has 0 spiro atoms. The van der Waals surface area contributed by atoms with Gasteiger partial charge in [0.05, 0.1) is 21.9 Å². The summed E-state index contributed by atoms with van der Waals surface area (Å²) < 4.78 is 66.9. The van der Waals surface area contributed by atoms with Crippen molar-refractivity contribution in [3.8, 4) is 0 Å². The number of anilines is 1. The molecule has 8 nitrogen and oxygen atoms in total. The number of aryl methyl sites for hydroxylation is 1. The van der Waals surface area contributed by atoms with Crippen LogP contribution in [0.4, 0.5) is 18.9 Å². The van der Waals surface area contributed by atoms with Crippen molar-refractivity contribution in [2.75, 3.05) is 11.9 Å². The predicted molar refractivity (Wildman–Crippen MR) is 98.8 cm³/mol. The summed E-state index contributed by atoms with van der Waals surface area (Å²) in [5.41, 5.74) is -3.92. The molecule has 1 aromatic carbocycles. The molecule has 0 unspecified atom stereocenters. The molecule has 0 aliphatic carbocycles. The van der Waals surface area contributed by atoms with E-state index in [4.69, 9.17) is 11.6 Å². The maximum absolute atomic E-state index is 12.7. The zero-order valence-corrected chi connectivity index (χ0v) is 16.6. The first-order valence-corrected chi connectivity index (χ1v) is 10.1. The van der Waals surface area contributed by atoms with Gasteiger partial charge in [0.2, 0.25) is 15.6 Å². The molecule has 0 radical (unpaired) electrons. The van der Waals surface area contributed by atoms with Crippen LogP contribution in [0.3, 0.4) is 0 Å². The van der Waals surface area contributed by atoms with Crippen LogP contribution in [0.25, 0.3) is 0 Å². The maximum Gasteiger partial charge on any atom is 0.426 e. The Morgan fingerprint density at radius 3 is 2.59 bits per heavy atom. The third-order valence-electron chi connectivity index (χ3n) is 3.94. The summed E-state index contributed by atoms with van der Waals surface area (Å²) in [6, 6.07) is 3.09. The van der Waals surface area contributed by atoms with E-state index in [9.17, 15) is 31.5 Å². The Bertz CT molecular complexity index is 963. The average molecular weight is 455 g/mol. The Balaban J connectivity index is 2.03. The van der Waals surface area contributed by atoms with E-state index in [0.29, 0.717) is 19.9 Å². The van der Waals surface area contributed by atoms with Crippen LogP contribution in [-0.4, -0.2) is 47.3 Å². The highest BCUT2D eigenvalue weighted by atomic mass is 35.5. The molecule has 0 bridgehead atoms. The monoisotopic (exact) mass is 454 g/mol. The molecular formula is C16H18ClF3N4O4S. The van der Waals surface area contributed by atoms with Gasteiger partial charge >= 0.3 is 6.18 Å². The Kier molecular flexibility index (Phi) is 6.93. The first-order chi connectivity index (χ1) is 13.3. The van der Waals surface area contributed by atoms with E-state index < -0.39 is 27.7 Å². The number of hydrogen-bond acceptors (Lipinski definition) is 5. The third kappa shape index (κ3) is 5.69. The number of aliphatic hydroxyl groups is 1. The van der Waals surface area contributed by atoms with Crippen molar-refractivity contribution in [1.29, 1.82) is 0 Å². The lowest BCUT2D eigenvalue weighted by Crippen LogP contribution is -2.52. The number of nitrogens with zero attached hydrogens (tertiary/aromatic N) is 2. The summed E-state index contributed by atoms with van der Waals surface area (Å²) in [6.07, 6.45) is 0.215. The number of benzene rings is 1. The van der Waals surface area contributed by atoms with Crippen molar-refractivity contribution >= 4 is 33.2 Å². The molecule has 0 aliphatic rings.